The van der Waals surface area contributed by atoms with Gasteiger partial charge >= 0.3 is 0 Å². The Labute approximate surface area is 93.3 Å². The zero-order chi connectivity index (χ0) is 11.4. The first kappa shape index (κ1) is 12.1. The van der Waals surface area contributed by atoms with Crippen LogP contribution in [0.5, 0.6) is 0 Å². The van der Waals surface area contributed by atoms with E-state index in [0.29, 0.717) is 17.5 Å². The van der Waals surface area contributed by atoms with Crippen molar-refractivity contribution in [2.24, 2.45) is 17.6 Å². The minimum absolute atomic E-state index is 0.0800. The number of carbonyl (C=O) groups excluding carboxylic acids is 1. The van der Waals surface area contributed by atoms with E-state index in [2.05, 4.69) is 14.7 Å². The van der Waals surface area contributed by atoms with E-state index in [-0.39, 0.29) is 17.7 Å². The van der Waals surface area contributed by atoms with E-state index >= 15 is 0 Å². The average molecular weight is 228 g/mol. The van der Waals surface area contributed by atoms with Gasteiger partial charge in [0, 0.05) is 18.1 Å². The molecule has 0 saturated heterocycles. The Balaban J connectivity index is 2.62. The van der Waals surface area contributed by atoms with Crippen LogP contribution < -0.4 is 11.1 Å². The normalized spacial score (nSPS) is 12.9. The van der Waals surface area contributed by atoms with Crippen LogP contribution in [-0.4, -0.2) is 21.8 Å². The first-order valence-electron chi connectivity index (χ1n) is 4.85. The van der Waals surface area contributed by atoms with Crippen LogP contribution in [0.15, 0.2) is 0 Å². The Hall–Kier alpha value is -1.01. The monoisotopic (exact) mass is 228 g/mol. The van der Waals surface area contributed by atoms with Gasteiger partial charge in [0.15, 0.2) is 0 Å². The molecule has 1 rings (SSSR count). The summed E-state index contributed by atoms with van der Waals surface area (Å²) in [5.74, 6) is 0.644. The number of rotatable bonds is 4. The highest BCUT2D eigenvalue weighted by atomic mass is 32.1. The summed E-state index contributed by atoms with van der Waals surface area (Å²) in [6, 6.07) is 0. The lowest BCUT2D eigenvalue weighted by Gasteiger charge is -2.16. The number of carbonyl (C=O) groups is 1. The van der Waals surface area contributed by atoms with Crippen LogP contribution in [0.3, 0.4) is 0 Å². The third-order valence-corrected chi connectivity index (χ3v) is 2.87. The highest BCUT2D eigenvalue weighted by Gasteiger charge is 2.21. The standard InChI is InChI=1S/C9H16N4OS/c1-5(2)7(4-10)8(14)12-9-11-6(3)13-15-9/h5,7H,4,10H2,1-3H3,(H,11,12,13,14). The highest BCUT2D eigenvalue weighted by molar-refractivity contribution is 7.09. The van der Waals surface area contributed by atoms with Gasteiger partial charge in [0.2, 0.25) is 11.0 Å². The summed E-state index contributed by atoms with van der Waals surface area (Å²) in [6.07, 6.45) is 0. The number of nitrogens with zero attached hydrogens (tertiary/aromatic N) is 2. The molecule has 1 unspecified atom stereocenters. The molecule has 1 aromatic rings. The second-order valence-corrected chi connectivity index (χ2v) is 4.47. The summed E-state index contributed by atoms with van der Waals surface area (Å²) >= 11 is 1.18. The van der Waals surface area contributed by atoms with E-state index in [0.717, 1.165) is 0 Å². The molecule has 3 N–H and O–H groups in total. The Morgan fingerprint density at radius 1 is 1.60 bits per heavy atom. The first-order valence-corrected chi connectivity index (χ1v) is 5.63. The molecule has 0 bridgehead atoms. The van der Waals surface area contributed by atoms with Gasteiger partial charge in [-0.1, -0.05) is 13.8 Å². The van der Waals surface area contributed by atoms with Crippen molar-refractivity contribution in [2.75, 3.05) is 11.9 Å². The van der Waals surface area contributed by atoms with E-state index in [1.54, 1.807) is 6.92 Å². The lowest BCUT2D eigenvalue weighted by Crippen LogP contribution is -2.33. The number of hydrogen-bond donors (Lipinski definition) is 2. The van der Waals surface area contributed by atoms with E-state index in [1.165, 1.54) is 11.5 Å². The first-order chi connectivity index (χ1) is 7.04. The van der Waals surface area contributed by atoms with Gasteiger partial charge in [-0.05, 0) is 12.8 Å². The van der Waals surface area contributed by atoms with E-state index < -0.39 is 0 Å². The molecule has 1 heterocycles. The van der Waals surface area contributed by atoms with Crippen LogP contribution in [0.25, 0.3) is 0 Å². The van der Waals surface area contributed by atoms with Gasteiger partial charge in [-0.2, -0.15) is 4.37 Å². The smallest absolute Gasteiger partial charge is 0.230 e. The number of aryl methyl sites for hydroxylation is 1. The summed E-state index contributed by atoms with van der Waals surface area (Å²) in [5, 5.41) is 3.26. The van der Waals surface area contributed by atoms with E-state index in [9.17, 15) is 4.79 Å². The van der Waals surface area contributed by atoms with Crippen molar-refractivity contribution in [3.63, 3.8) is 0 Å². The Bertz CT molecular complexity index is 337. The predicted octanol–water partition coefficient (Wildman–Crippen LogP) is 1.02. The van der Waals surface area contributed by atoms with Gasteiger partial charge in [-0.25, -0.2) is 4.98 Å². The molecule has 0 aliphatic heterocycles. The fourth-order valence-corrected chi connectivity index (χ4v) is 1.81. The molecule has 0 spiro atoms. The maximum absolute atomic E-state index is 11.7. The molecule has 5 nitrogen and oxygen atoms in total. The zero-order valence-electron chi connectivity index (χ0n) is 9.15. The molecule has 6 heteroatoms. The summed E-state index contributed by atoms with van der Waals surface area (Å²) in [5.41, 5.74) is 5.54. The number of amides is 1. The number of aromatic nitrogens is 2. The molecule has 0 radical (unpaired) electrons. The maximum Gasteiger partial charge on any atom is 0.230 e. The Morgan fingerprint density at radius 3 is 2.67 bits per heavy atom. The van der Waals surface area contributed by atoms with E-state index in [4.69, 9.17) is 5.73 Å². The molecule has 84 valence electrons. The fraction of sp³-hybridized carbons (Fsp3) is 0.667. The lowest BCUT2D eigenvalue weighted by molar-refractivity contribution is -0.120. The van der Waals surface area contributed by atoms with Crippen LogP contribution >= 0.6 is 11.5 Å². The van der Waals surface area contributed by atoms with Crippen molar-refractivity contribution in [3.8, 4) is 0 Å². The molecule has 0 saturated carbocycles. The molecule has 0 fully saturated rings. The van der Waals surface area contributed by atoms with Gasteiger partial charge in [-0.3, -0.25) is 4.79 Å². The second-order valence-electron chi connectivity index (χ2n) is 3.72. The van der Waals surface area contributed by atoms with Crippen LogP contribution in [0.1, 0.15) is 19.7 Å². The zero-order valence-corrected chi connectivity index (χ0v) is 9.97. The van der Waals surface area contributed by atoms with Crippen LogP contribution in [0.4, 0.5) is 5.13 Å². The van der Waals surface area contributed by atoms with Gasteiger partial charge in [0.05, 0.1) is 5.92 Å². The average Bonchev–Trinajstić information content (AvgIpc) is 2.51. The van der Waals surface area contributed by atoms with Crippen LogP contribution in [0.2, 0.25) is 0 Å². The number of anilines is 1. The predicted molar refractivity (Wildman–Crippen MR) is 60.7 cm³/mol. The third-order valence-electron chi connectivity index (χ3n) is 2.15. The largest absolute Gasteiger partial charge is 0.330 e. The van der Waals surface area contributed by atoms with Crippen molar-refractivity contribution >= 4 is 22.6 Å². The maximum atomic E-state index is 11.7. The summed E-state index contributed by atoms with van der Waals surface area (Å²) in [7, 11) is 0. The van der Waals surface area contributed by atoms with Crippen molar-refractivity contribution in [2.45, 2.75) is 20.8 Å². The minimum Gasteiger partial charge on any atom is -0.330 e. The molecule has 0 aliphatic carbocycles. The molecule has 1 amide bonds. The van der Waals surface area contributed by atoms with Gasteiger partial charge in [-0.15, -0.1) is 0 Å². The van der Waals surface area contributed by atoms with Crippen LogP contribution in [-0.2, 0) is 4.79 Å². The summed E-state index contributed by atoms with van der Waals surface area (Å²) < 4.78 is 3.98. The SMILES string of the molecule is Cc1nsc(NC(=O)C(CN)C(C)C)n1. The van der Waals surface area contributed by atoms with Gasteiger partial charge in [0.25, 0.3) is 0 Å². The summed E-state index contributed by atoms with van der Waals surface area (Å²) in [6.45, 7) is 6.08. The van der Waals surface area contributed by atoms with Crippen molar-refractivity contribution in [1.29, 1.82) is 0 Å². The van der Waals surface area contributed by atoms with E-state index in [1.807, 2.05) is 13.8 Å². The van der Waals surface area contributed by atoms with Gasteiger partial charge in [0.1, 0.15) is 5.82 Å². The van der Waals surface area contributed by atoms with Crippen LogP contribution in [0, 0.1) is 18.8 Å². The molecular formula is C9H16N4OS. The lowest BCUT2D eigenvalue weighted by atomic mass is 9.95. The van der Waals surface area contributed by atoms with Crippen molar-refractivity contribution < 1.29 is 4.79 Å². The number of nitrogens with one attached hydrogen (secondary N) is 1. The molecule has 0 aromatic carbocycles. The molecule has 1 atom stereocenters. The molecular weight excluding hydrogens is 212 g/mol. The second kappa shape index (κ2) is 5.18. The third kappa shape index (κ3) is 3.24. The summed E-state index contributed by atoms with van der Waals surface area (Å²) in [4.78, 5) is 15.8. The molecule has 1 aromatic heterocycles. The number of nitrogens with two attached hydrogens (primary N) is 1. The minimum atomic E-state index is -0.172. The quantitative estimate of drug-likeness (QED) is 0.806. The molecule has 15 heavy (non-hydrogen) atoms. The molecule has 0 aliphatic rings. The van der Waals surface area contributed by atoms with Crippen molar-refractivity contribution in [1.82, 2.24) is 9.36 Å². The fourth-order valence-electron chi connectivity index (χ4n) is 1.23. The van der Waals surface area contributed by atoms with Gasteiger partial charge < -0.3 is 11.1 Å². The number of hydrogen-bond acceptors (Lipinski definition) is 5. The Morgan fingerprint density at radius 2 is 2.27 bits per heavy atom. The van der Waals surface area contributed by atoms with Crippen molar-refractivity contribution in [3.05, 3.63) is 5.82 Å². The highest BCUT2D eigenvalue weighted by Crippen LogP contribution is 2.15. The topological polar surface area (TPSA) is 80.9 Å². The Kier molecular flexibility index (Phi) is 4.16.